The number of Topliss-reactive ketones (excluding diaryl/α,β-unsaturated/α-hetero) is 1. The highest BCUT2D eigenvalue weighted by atomic mass is 16.5. The van der Waals surface area contributed by atoms with E-state index in [4.69, 9.17) is 10.5 Å². The van der Waals surface area contributed by atoms with Crippen LogP contribution in [0.2, 0.25) is 0 Å². The van der Waals surface area contributed by atoms with E-state index in [1.54, 1.807) is 11.8 Å². The van der Waals surface area contributed by atoms with Crippen LogP contribution in [-0.4, -0.2) is 53.3 Å². The highest BCUT2D eigenvalue weighted by Gasteiger charge is 2.37. The quantitative estimate of drug-likeness (QED) is 0.835. The summed E-state index contributed by atoms with van der Waals surface area (Å²) in [7, 11) is 0. The number of aromatic amines is 1. The number of carbonyl (C=O) groups excluding carboxylic acids is 3. The Morgan fingerprint density at radius 2 is 2.04 bits per heavy atom. The number of nitrogens with two attached hydrogens (primary N) is 1. The number of aromatic nitrogens is 1. The number of nitrogens with zero attached hydrogens (tertiary/aromatic N) is 1. The molecule has 1 saturated heterocycles. The second-order valence-corrected chi connectivity index (χ2v) is 7.43. The Bertz CT molecular complexity index is 720. The van der Waals surface area contributed by atoms with E-state index in [9.17, 15) is 14.4 Å². The molecule has 2 amide bonds. The van der Waals surface area contributed by atoms with E-state index in [1.807, 2.05) is 13.8 Å². The van der Waals surface area contributed by atoms with Crippen molar-refractivity contribution >= 4 is 17.6 Å². The second-order valence-electron chi connectivity index (χ2n) is 7.43. The SMILES string of the molecule is Cc1c(C(=O)N2CCOC(C(N)=O)C2)[nH]c2c1C(=O)CC(C)(C)C2. The summed E-state index contributed by atoms with van der Waals surface area (Å²) in [4.78, 5) is 41.3. The van der Waals surface area contributed by atoms with Gasteiger partial charge in [0.2, 0.25) is 5.91 Å². The normalized spacial score (nSPS) is 23.0. The van der Waals surface area contributed by atoms with E-state index in [0.29, 0.717) is 29.8 Å². The van der Waals surface area contributed by atoms with Crippen molar-refractivity contribution in [3.8, 4) is 0 Å². The van der Waals surface area contributed by atoms with Crippen LogP contribution in [0.5, 0.6) is 0 Å². The zero-order valence-electron chi connectivity index (χ0n) is 14.3. The highest BCUT2D eigenvalue weighted by molar-refractivity contribution is 6.04. The molecule has 0 aromatic carbocycles. The average molecular weight is 333 g/mol. The van der Waals surface area contributed by atoms with E-state index in [1.165, 1.54) is 0 Å². The number of fused-ring (bicyclic) bond motifs is 1. The monoisotopic (exact) mass is 333 g/mol. The molecule has 3 N–H and O–H groups in total. The molecule has 0 bridgehead atoms. The lowest BCUT2D eigenvalue weighted by Crippen LogP contribution is -2.50. The van der Waals surface area contributed by atoms with Crippen LogP contribution in [0.4, 0.5) is 0 Å². The summed E-state index contributed by atoms with van der Waals surface area (Å²) in [6, 6.07) is 0. The minimum absolute atomic E-state index is 0.0750. The van der Waals surface area contributed by atoms with Gasteiger partial charge in [0.05, 0.1) is 13.2 Å². The molecule has 24 heavy (non-hydrogen) atoms. The number of nitrogens with one attached hydrogen (secondary N) is 1. The standard InChI is InChI=1S/C17H23N3O4/c1-9-13-10(6-17(2,3)7-11(13)21)19-14(9)16(23)20-4-5-24-12(8-20)15(18)22/h12,19H,4-8H2,1-3H3,(H2,18,22). The fourth-order valence-corrected chi connectivity index (χ4v) is 3.61. The molecule has 0 spiro atoms. The van der Waals surface area contributed by atoms with Gasteiger partial charge in [0, 0.05) is 24.2 Å². The van der Waals surface area contributed by atoms with Crippen LogP contribution in [0.3, 0.4) is 0 Å². The first kappa shape index (κ1) is 16.7. The molecule has 7 heteroatoms. The molecule has 1 fully saturated rings. The number of hydrogen-bond donors (Lipinski definition) is 2. The van der Waals surface area contributed by atoms with Crippen LogP contribution in [0.25, 0.3) is 0 Å². The van der Waals surface area contributed by atoms with Gasteiger partial charge in [-0.05, 0) is 24.3 Å². The van der Waals surface area contributed by atoms with Crippen LogP contribution in [0.15, 0.2) is 0 Å². The summed E-state index contributed by atoms with van der Waals surface area (Å²) in [6.45, 7) is 6.69. The molecule has 1 aromatic rings. The van der Waals surface area contributed by atoms with Crippen LogP contribution in [0.1, 0.15) is 52.4 Å². The van der Waals surface area contributed by atoms with Gasteiger partial charge in [0.1, 0.15) is 5.69 Å². The third-order valence-electron chi connectivity index (χ3n) is 4.79. The molecule has 1 atom stereocenters. The zero-order valence-corrected chi connectivity index (χ0v) is 14.3. The first-order chi connectivity index (χ1) is 11.2. The Hall–Kier alpha value is -2.15. The number of ketones is 1. The summed E-state index contributed by atoms with van der Waals surface area (Å²) >= 11 is 0. The largest absolute Gasteiger partial charge is 0.367 e. The van der Waals surface area contributed by atoms with Crippen molar-refractivity contribution in [3.05, 3.63) is 22.5 Å². The van der Waals surface area contributed by atoms with Crippen molar-refractivity contribution in [1.29, 1.82) is 0 Å². The minimum Gasteiger partial charge on any atom is -0.367 e. The molecule has 0 saturated carbocycles. The number of primary amides is 1. The van der Waals surface area contributed by atoms with Crippen LogP contribution >= 0.6 is 0 Å². The van der Waals surface area contributed by atoms with Crippen LogP contribution in [-0.2, 0) is 16.0 Å². The van der Waals surface area contributed by atoms with Crippen molar-refractivity contribution in [2.24, 2.45) is 11.1 Å². The van der Waals surface area contributed by atoms with Crippen molar-refractivity contribution < 1.29 is 19.1 Å². The number of amides is 2. The summed E-state index contributed by atoms with van der Waals surface area (Å²) in [5, 5.41) is 0. The molecular formula is C17H23N3O4. The highest BCUT2D eigenvalue weighted by Crippen LogP contribution is 2.37. The summed E-state index contributed by atoms with van der Waals surface area (Å²) in [5.74, 6) is -0.722. The van der Waals surface area contributed by atoms with Gasteiger partial charge >= 0.3 is 0 Å². The minimum atomic E-state index is -0.784. The van der Waals surface area contributed by atoms with Crippen LogP contribution in [0, 0.1) is 12.3 Å². The lowest BCUT2D eigenvalue weighted by Gasteiger charge is -2.31. The molecule has 1 unspecified atom stereocenters. The predicted octanol–water partition coefficient (Wildman–Crippen LogP) is 0.805. The zero-order chi connectivity index (χ0) is 17.6. The lowest BCUT2D eigenvalue weighted by molar-refractivity contribution is -0.133. The third-order valence-corrected chi connectivity index (χ3v) is 4.79. The maximum Gasteiger partial charge on any atom is 0.270 e. The average Bonchev–Trinajstić information content (AvgIpc) is 2.82. The summed E-state index contributed by atoms with van der Waals surface area (Å²) in [5.41, 5.74) is 7.76. The first-order valence-electron chi connectivity index (χ1n) is 8.14. The van der Waals surface area contributed by atoms with Gasteiger partial charge in [-0.1, -0.05) is 13.8 Å². The molecular weight excluding hydrogens is 310 g/mol. The number of carbonyl (C=O) groups is 3. The van der Waals surface area contributed by atoms with E-state index >= 15 is 0 Å². The molecule has 1 aromatic heterocycles. The predicted molar refractivity (Wildman–Crippen MR) is 86.8 cm³/mol. The maximum absolute atomic E-state index is 12.9. The second kappa shape index (κ2) is 5.73. The lowest BCUT2D eigenvalue weighted by atomic mass is 9.75. The van der Waals surface area contributed by atoms with E-state index in [-0.39, 0.29) is 30.3 Å². The summed E-state index contributed by atoms with van der Waals surface area (Å²) in [6.07, 6.45) is 0.427. The van der Waals surface area contributed by atoms with Gasteiger partial charge in [-0.2, -0.15) is 0 Å². The van der Waals surface area contributed by atoms with E-state index in [0.717, 1.165) is 12.1 Å². The third kappa shape index (κ3) is 2.84. The van der Waals surface area contributed by atoms with Crippen molar-refractivity contribution in [1.82, 2.24) is 9.88 Å². The van der Waals surface area contributed by atoms with Crippen molar-refractivity contribution in [2.75, 3.05) is 19.7 Å². The Kier molecular flexibility index (Phi) is 3.99. The fourth-order valence-electron chi connectivity index (χ4n) is 3.61. The first-order valence-corrected chi connectivity index (χ1v) is 8.14. The van der Waals surface area contributed by atoms with Gasteiger partial charge in [-0.25, -0.2) is 0 Å². The smallest absolute Gasteiger partial charge is 0.270 e. The van der Waals surface area contributed by atoms with Crippen LogP contribution < -0.4 is 5.73 Å². The number of rotatable bonds is 2. The molecule has 2 heterocycles. The summed E-state index contributed by atoms with van der Waals surface area (Å²) < 4.78 is 5.28. The van der Waals surface area contributed by atoms with Gasteiger partial charge in [0.15, 0.2) is 11.9 Å². The molecule has 0 radical (unpaired) electrons. The number of morpholine rings is 1. The van der Waals surface area contributed by atoms with Gasteiger partial charge in [-0.15, -0.1) is 0 Å². The van der Waals surface area contributed by atoms with Crippen molar-refractivity contribution in [3.63, 3.8) is 0 Å². The molecule has 3 rings (SSSR count). The Morgan fingerprint density at radius 1 is 1.33 bits per heavy atom. The number of H-pyrrole nitrogens is 1. The Morgan fingerprint density at radius 3 is 2.71 bits per heavy atom. The number of hydrogen-bond acceptors (Lipinski definition) is 4. The molecule has 1 aliphatic heterocycles. The Labute approximate surface area is 140 Å². The molecule has 7 nitrogen and oxygen atoms in total. The molecule has 130 valence electrons. The number of ether oxygens (including phenoxy) is 1. The van der Waals surface area contributed by atoms with Crippen molar-refractivity contribution in [2.45, 2.75) is 39.7 Å². The molecule has 1 aliphatic carbocycles. The molecule has 2 aliphatic rings. The van der Waals surface area contributed by atoms with Gasteiger partial charge in [0.25, 0.3) is 5.91 Å². The topological polar surface area (TPSA) is 105 Å². The fraction of sp³-hybridized carbons (Fsp3) is 0.588. The maximum atomic E-state index is 12.9. The van der Waals surface area contributed by atoms with Gasteiger partial charge < -0.3 is 20.4 Å². The van der Waals surface area contributed by atoms with E-state index < -0.39 is 12.0 Å². The Balaban J connectivity index is 1.89. The van der Waals surface area contributed by atoms with E-state index in [2.05, 4.69) is 4.98 Å². The van der Waals surface area contributed by atoms with Gasteiger partial charge in [-0.3, -0.25) is 14.4 Å².